The van der Waals surface area contributed by atoms with Crippen LogP contribution in [0.25, 0.3) is 0 Å². The van der Waals surface area contributed by atoms with E-state index >= 15 is 0 Å². The molecular weight excluding hydrogens is 169 g/mol. The van der Waals surface area contributed by atoms with Gasteiger partial charge in [-0.1, -0.05) is 12.1 Å². The first-order valence-corrected chi connectivity index (χ1v) is 3.32. The van der Waals surface area contributed by atoms with E-state index in [-0.39, 0.29) is 11.3 Å². The lowest BCUT2D eigenvalue weighted by Gasteiger charge is -2.06. The smallest absolute Gasteiger partial charge is 0.273 e. The molecule has 1 aromatic carbocycles. The largest absolute Gasteiger partial charge is 0.508 e. The highest BCUT2D eigenvalue weighted by molar-refractivity contribution is 5.28. The van der Waals surface area contributed by atoms with Crippen molar-refractivity contribution in [2.24, 2.45) is 0 Å². The molecule has 0 aromatic heterocycles. The molecule has 12 heavy (non-hydrogen) atoms. The number of phenols is 1. The zero-order chi connectivity index (χ0) is 9.14. The molecule has 1 nitrogen and oxygen atoms in total. The number of hydrogen-bond donors (Lipinski definition) is 1. The molecule has 1 aromatic rings. The highest BCUT2D eigenvalue weighted by atomic mass is 19.3. The molecule has 0 saturated heterocycles. The first kappa shape index (κ1) is 8.90. The first-order chi connectivity index (χ1) is 5.61. The van der Waals surface area contributed by atoms with Crippen LogP contribution in [0.2, 0.25) is 0 Å². The minimum atomic E-state index is -3.05. The van der Waals surface area contributed by atoms with Gasteiger partial charge in [0, 0.05) is 0 Å². The molecule has 1 N–H and O–H groups in total. The van der Waals surface area contributed by atoms with Crippen LogP contribution < -0.4 is 0 Å². The summed E-state index contributed by atoms with van der Waals surface area (Å²) in [5.74, 6) is -0.212. The van der Waals surface area contributed by atoms with Crippen LogP contribution in [-0.4, -0.2) is 11.5 Å². The molecule has 0 aliphatic carbocycles. The monoisotopic (exact) mass is 176 g/mol. The zero-order valence-electron chi connectivity index (χ0n) is 6.05. The molecule has 0 aliphatic rings. The lowest BCUT2D eigenvalue weighted by molar-refractivity contribution is 0.0495. The molecule has 0 radical (unpaired) electrons. The Morgan fingerprint density at radius 2 is 1.83 bits per heavy atom. The molecule has 0 amide bonds. The molecular formula is C8H7F3O. The zero-order valence-corrected chi connectivity index (χ0v) is 6.05. The standard InChI is InChI=1S/C8H7F3O/c9-7(8(10)11)5-2-1-3-6(12)4-5/h1-4,7-8,12H. The Hall–Kier alpha value is -1.19. The quantitative estimate of drug-likeness (QED) is 0.734. The van der Waals surface area contributed by atoms with E-state index in [9.17, 15) is 13.2 Å². The van der Waals surface area contributed by atoms with Crippen LogP contribution in [0.4, 0.5) is 13.2 Å². The maximum atomic E-state index is 12.6. The molecule has 1 atom stereocenters. The van der Waals surface area contributed by atoms with Gasteiger partial charge in [0.2, 0.25) is 0 Å². The summed E-state index contributed by atoms with van der Waals surface area (Å²) < 4.78 is 36.2. The van der Waals surface area contributed by atoms with E-state index in [1.807, 2.05) is 0 Å². The van der Waals surface area contributed by atoms with Crippen molar-refractivity contribution in [2.75, 3.05) is 0 Å². The molecule has 66 valence electrons. The van der Waals surface area contributed by atoms with Gasteiger partial charge >= 0.3 is 0 Å². The summed E-state index contributed by atoms with van der Waals surface area (Å²) in [5.41, 5.74) is -0.204. The fourth-order valence-electron chi connectivity index (χ4n) is 0.842. The van der Waals surface area contributed by atoms with Crippen LogP contribution in [0.1, 0.15) is 11.7 Å². The molecule has 1 unspecified atom stereocenters. The highest BCUT2D eigenvalue weighted by Crippen LogP contribution is 2.26. The van der Waals surface area contributed by atoms with E-state index in [0.29, 0.717) is 0 Å². The van der Waals surface area contributed by atoms with Crippen molar-refractivity contribution in [3.8, 4) is 5.75 Å². The molecule has 0 saturated carbocycles. The summed E-state index contributed by atoms with van der Waals surface area (Å²) in [7, 11) is 0. The predicted octanol–water partition coefficient (Wildman–Crippen LogP) is 2.67. The van der Waals surface area contributed by atoms with E-state index < -0.39 is 12.6 Å². The van der Waals surface area contributed by atoms with Crippen LogP contribution in [0, 0.1) is 0 Å². The topological polar surface area (TPSA) is 20.2 Å². The number of phenolic OH excluding ortho intramolecular Hbond substituents is 1. The molecule has 1 rings (SSSR count). The first-order valence-electron chi connectivity index (χ1n) is 3.32. The number of benzene rings is 1. The van der Waals surface area contributed by atoms with Crippen molar-refractivity contribution in [3.05, 3.63) is 29.8 Å². The molecule has 0 bridgehead atoms. The van der Waals surface area contributed by atoms with E-state index in [4.69, 9.17) is 5.11 Å². The number of halogens is 3. The van der Waals surface area contributed by atoms with Gasteiger partial charge < -0.3 is 5.11 Å². The Labute approximate surface area is 67.5 Å². The van der Waals surface area contributed by atoms with Gasteiger partial charge in [-0.05, 0) is 17.7 Å². The minimum absolute atomic E-state index is 0.204. The number of alkyl halides is 3. The third-order valence-electron chi connectivity index (χ3n) is 1.41. The normalized spacial score (nSPS) is 13.3. The Bertz CT molecular complexity index is 262. The molecule has 4 heteroatoms. The maximum Gasteiger partial charge on any atom is 0.273 e. The van der Waals surface area contributed by atoms with Crippen molar-refractivity contribution in [2.45, 2.75) is 12.6 Å². The lowest BCUT2D eigenvalue weighted by atomic mass is 10.1. The van der Waals surface area contributed by atoms with E-state index in [2.05, 4.69) is 0 Å². The van der Waals surface area contributed by atoms with Gasteiger partial charge in [0.15, 0.2) is 6.17 Å². The average Bonchev–Trinajstić information content (AvgIpc) is 2.03. The third-order valence-corrected chi connectivity index (χ3v) is 1.41. The van der Waals surface area contributed by atoms with Crippen LogP contribution in [-0.2, 0) is 0 Å². The van der Waals surface area contributed by atoms with Crippen molar-refractivity contribution in [3.63, 3.8) is 0 Å². The fraction of sp³-hybridized carbons (Fsp3) is 0.250. The summed E-state index contributed by atoms with van der Waals surface area (Å²) in [4.78, 5) is 0. The minimum Gasteiger partial charge on any atom is -0.508 e. The number of aromatic hydroxyl groups is 1. The van der Waals surface area contributed by atoms with Crippen LogP contribution in [0.15, 0.2) is 24.3 Å². The average molecular weight is 176 g/mol. The van der Waals surface area contributed by atoms with Crippen molar-refractivity contribution >= 4 is 0 Å². The van der Waals surface area contributed by atoms with Gasteiger partial charge in [0.05, 0.1) is 0 Å². The Morgan fingerprint density at radius 3 is 2.33 bits per heavy atom. The van der Waals surface area contributed by atoms with Gasteiger partial charge in [-0.25, -0.2) is 13.2 Å². The third kappa shape index (κ3) is 1.90. The Kier molecular flexibility index (Phi) is 2.58. The van der Waals surface area contributed by atoms with E-state index in [0.717, 1.165) is 6.07 Å². The molecule has 0 heterocycles. The van der Waals surface area contributed by atoms with Crippen LogP contribution in [0.3, 0.4) is 0 Å². The Morgan fingerprint density at radius 1 is 1.17 bits per heavy atom. The van der Waals surface area contributed by atoms with E-state index in [1.165, 1.54) is 18.2 Å². The van der Waals surface area contributed by atoms with E-state index in [1.54, 1.807) is 0 Å². The predicted molar refractivity (Wildman–Crippen MR) is 38.0 cm³/mol. The van der Waals surface area contributed by atoms with Gasteiger partial charge in [-0.2, -0.15) is 0 Å². The second kappa shape index (κ2) is 3.47. The van der Waals surface area contributed by atoms with Crippen molar-refractivity contribution in [1.29, 1.82) is 0 Å². The lowest BCUT2D eigenvalue weighted by Crippen LogP contribution is -2.02. The summed E-state index contributed by atoms with van der Waals surface area (Å²) in [6.07, 6.45) is -5.37. The molecule has 0 fully saturated rings. The van der Waals surface area contributed by atoms with Gasteiger partial charge in [0.1, 0.15) is 5.75 Å². The number of rotatable bonds is 2. The molecule has 0 aliphatic heterocycles. The highest BCUT2D eigenvalue weighted by Gasteiger charge is 2.21. The summed E-state index contributed by atoms with van der Waals surface area (Å²) >= 11 is 0. The SMILES string of the molecule is Oc1cccc(C(F)C(F)F)c1. The van der Waals surface area contributed by atoms with Crippen molar-refractivity contribution < 1.29 is 18.3 Å². The molecule has 0 spiro atoms. The van der Waals surface area contributed by atoms with Crippen molar-refractivity contribution in [1.82, 2.24) is 0 Å². The maximum absolute atomic E-state index is 12.6. The van der Waals surface area contributed by atoms with Crippen LogP contribution >= 0.6 is 0 Å². The second-order valence-electron chi connectivity index (χ2n) is 2.33. The van der Waals surface area contributed by atoms with Gasteiger partial charge in [-0.3, -0.25) is 0 Å². The van der Waals surface area contributed by atoms with Gasteiger partial charge in [0.25, 0.3) is 6.43 Å². The number of hydrogen-bond acceptors (Lipinski definition) is 1. The summed E-state index contributed by atoms with van der Waals surface area (Å²) in [6, 6.07) is 4.80. The summed E-state index contributed by atoms with van der Waals surface area (Å²) in [6.45, 7) is 0. The fourth-order valence-corrected chi connectivity index (χ4v) is 0.842. The van der Waals surface area contributed by atoms with Crippen LogP contribution in [0.5, 0.6) is 5.75 Å². The summed E-state index contributed by atoms with van der Waals surface area (Å²) in [5, 5.41) is 8.83. The Balaban J connectivity index is 2.88. The van der Waals surface area contributed by atoms with Gasteiger partial charge in [-0.15, -0.1) is 0 Å². The second-order valence-corrected chi connectivity index (χ2v) is 2.33.